The summed E-state index contributed by atoms with van der Waals surface area (Å²) in [6.45, 7) is 7.83. The number of carbonyl (C=O) groups is 1. The topological polar surface area (TPSA) is 20.3 Å². The van der Waals surface area contributed by atoms with E-state index in [1.165, 1.54) is 6.42 Å². The maximum Gasteiger partial charge on any atom is 0.150 e. The van der Waals surface area contributed by atoms with Crippen LogP contribution in [0.15, 0.2) is 24.3 Å². The average molecular weight is 231 g/mol. The lowest BCUT2D eigenvalue weighted by Gasteiger charge is -2.35. The maximum atomic E-state index is 11.0. The van der Waals surface area contributed by atoms with E-state index in [-0.39, 0.29) is 0 Å². The summed E-state index contributed by atoms with van der Waals surface area (Å²) in [6, 6.07) is 7.90. The molecule has 17 heavy (non-hydrogen) atoms. The second kappa shape index (κ2) is 5.46. The highest BCUT2D eigenvalue weighted by atomic mass is 16.1. The Morgan fingerprint density at radius 2 is 1.88 bits per heavy atom. The zero-order chi connectivity index (χ0) is 12.3. The molecule has 1 aliphatic heterocycles. The number of carbonyl (C=O) groups excluding carboxylic acids is 1. The van der Waals surface area contributed by atoms with E-state index in [1.54, 1.807) is 0 Å². The van der Waals surface area contributed by atoms with Gasteiger partial charge in [-0.25, -0.2) is 0 Å². The number of benzene rings is 1. The number of nitrogens with zero attached hydrogens (tertiary/aromatic N) is 1. The Labute approximate surface area is 104 Å². The first-order valence-corrected chi connectivity index (χ1v) is 6.44. The Balaban J connectivity index is 2.07. The van der Waals surface area contributed by atoms with Crippen molar-refractivity contribution in [1.29, 1.82) is 0 Å². The van der Waals surface area contributed by atoms with Gasteiger partial charge in [-0.2, -0.15) is 0 Å². The van der Waals surface area contributed by atoms with Crippen molar-refractivity contribution in [2.75, 3.05) is 13.1 Å². The second-order valence-corrected chi connectivity index (χ2v) is 5.46. The molecule has 1 aromatic rings. The fourth-order valence-electron chi connectivity index (χ4n) is 2.96. The zero-order valence-corrected chi connectivity index (χ0v) is 10.7. The van der Waals surface area contributed by atoms with Gasteiger partial charge in [-0.3, -0.25) is 9.69 Å². The Hall–Kier alpha value is -1.15. The van der Waals surface area contributed by atoms with Gasteiger partial charge < -0.3 is 0 Å². The van der Waals surface area contributed by atoms with E-state index in [0.29, 0.717) is 0 Å². The lowest BCUT2D eigenvalue weighted by Crippen LogP contribution is -2.38. The van der Waals surface area contributed by atoms with E-state index >= 15 is 0 Å². The molecule has 0 spiro atoms. The van der Waals surface area contributed by atoms with Gasteiger partial charge in [-0.05, 0) is 23.8 Å². The smallest absolute Gasteiger partial charge is 0.150 e. The van der Waals surface area contributed by atoms with Crippen LogP contribution in [0.3, 0.4) is 0 Å². The number of likely N-dealkylation sites (tertiary alicyclic amines) is 1. The lowest BCUT2D eigenvalue weighted by atomic mass is 9.91. The molecule has 1 heterocycles. The van der Waals surface area contributed by atoms with Gasteiger partial charge >= 0.3 is 0 Å². The number of hydrogen-bond donors (Lipinski definition) is 0. The summed E-state index contributed by atoms with van der Waals surface area (Å²) in [4.78, 5) is 13.5. The van der Waals surface area contributed by atoms with Crippen molar-refractivity contribution in [3.8, 4) is 0 Å². The molecule has 1 aromatic carbocycles. The van der Waals surface area contributed by atoms with Gasteiger partial charge in [-0.1, -0.05) is 38.1 Å². The van der Waals surface area contributed by atoms with Crippen molar-refractivity contribution in [2.24, 2.45) is 11.8 Å². The second-order valence-electron chi connectivity index (χ2n) is 5.46. The number of aldehydes is 1. The molecule has 0 N–H and O–H groups in total. The largest absolute Gasteiger partial charge is 0.299 e. The molecular formula is C15H21NO. The predicted octanol–water partition coefficient (Wildman–Crippen LogP) is 2.98. The van der Waals surface area contributed by atoms with Crippen LogP contribution in [0.5, 0.6) is 0 Å². The fourth-order valence-corrected chi connectivity index (χ4v) is 2.96. The molecule has 2 unspecified atom stereocenters. The van der Waals surface area contributed by atoms with Crippen LogP contribution in [0.4, 0.5) is 0 Å². The molecule has 92 valence electrons. The van der Waals surface area contributed by atoms with Crippen LogP contribution in [-0.2, 0) is 6.54 Å². The molecule has 2 nitrogen and oxygen atoms in total. The quantitative estimate of drug-likeness (QED) is 0.745. The molecule has 2 rings (SSSR count). The summed E-state index contributed by atoms with van der Waals surface area (Å²) in [7, 11) is 0. The first-order chi connectivity index (χ1) is 8.19. The molecule has 0 aromatic heterocycles. The summed E-state index contributed by atoms with van der Waals surface area (Å²) < 4.78 is 0. The van der Waals surface area contributed by atoms with Crippen molar-refractivity contribution in [1.82, 2.24) is 4.90 Å². The number of rotatable bonds is 3. The van der Waals surface area contributed by atoms with E-state index < -0.39 is 0 Å². The van der Waals surface area contributed by atoms with Crippen molar-refractivity contribution in [3.05, 3.63) is 35.4 Å². The third kappa shape index (κ3) is 3.16. The Morgan fingerprint density at radius 3 is 2.53 bits per heavy atom. The van der Waals surface area contributed by atoms with Gasteiger partial charge in [0, 0.05) is 25.2 Å². The summed E-state index contributed by atoms with van der Waals surface area (Å²) in [5.41, 5.74) is 1.99. The van der Waals surface area contributed by atoms with Gasteiger partial charge in [0.1, 0.15) is 6.29 Å². The van der Waals surface area contributed by atoms with Gasteiger partial charge in [0.2, 0.25) is 0 Å². The first-order valence-electron chi connectivity index (χ1n) is 6.44. The van der Waals surface area contributed by atoms with E-state index in [0.717, 1.165) is 48.9 Å². The highest BCUT2D eigenvalue weighted by molar-refractivity contribution is 5.77. The van der Waals surface area contributed by atoms with Gasteiger partial charge in [0.25, 0.3) is 0 Å². The van der Waals surface area contributed by atoms with Crippen LogP contribution in [0.1, 0.15) is 36.2 Å². The van der Waals surface area contributed by atoms with Crippen LogP contribution >= 0.6 is 0 Å². The van der Waals surface area contributed by atoms with E-state index in [1.807, 2.05) is 18.2 Å². The average Bonchev–Trinajstić information content (AvgIpc) is 2.28. The first kappa shape index (κ1) is 12.3. The number of piperidine rings is 1. The van der Waals surface area contributed by atoms with Gasteiger partial charge in [0.15, 0.2) is 0 Å². The summed E-state index contributed by atoms with van der Waals surface area (Å²) >= 11 is 0. The molecule has 0 aliphatic carbocycles. The van der Waals surface area contributed by atoms with Crippen molar-refractivity contribution in [2.45, 2.75) is 26.8 Å². The summed E-state index contributed by atoms with van der Waals surface area (Å²) in [5, 5.41) is 0. The highest BCUT2D eigenvalue weighted by Gasteiger charge is 2.22. The molecule has 0 bridgehead atoms. The van der Waals surface area contributed by atoms with Crippen LogP contribution in [0.2, 0.25) is 0 Å². The van der Waals surface area contributed by atoms with E-state index in [4.69, 9.17) is 0 Å². The van der Waals surface area contributed by atoms with Crippen LogP contribution in [-0.4, -0.2) is 24.3 Å². The minimum Gasteiger partial charge on any atom is -0.299 e. The van der Waals surface area contributed by atoms with Crippen LogP contribution in [0, 0.1) is 11.8 Å². The Kier molecular flexibility index (Phi) is 3.95. The molecule has 2 heteroatoms. The number of hydrogen-bond acceptors (Lipinski definition) is 2. The fraction of sp³-hybridized carbons (Fsp3) is 0.533. The van der Waals surface area contributed by atoms with Crippen LogP contribution in [0.25, 0.3) is 0 Å². The van der Waals surface area contributed by atoms with E-state index in [2.05, 4.69) is 24.8 Å². The SMILES string of the molecule is CC1CC(C)CN(Cc2ccccc2C=O)C1. The zero-order valence-electron chi connectivity index (χ0n) is 10.7. The Bertz CT molecular complexity index is 378. The molecule has 1 fully saturated rings. The molecular weight excluding hydrogens is 210 g/mol. The van der Waals surface area contributed by atoms with Crippen molar-refractivity contribution >= 4 is 6.29 Å². The predicted molar refractivity (Wildman–Crippen MR) is 70.1 cm³/mol. The van der Waals surface area contributed by atoms with Crippen LogP contribution < -0.4 is 0 Å². The summed E-state index contributed by atoms with van der Waals surface area (Å²) in [5.74, 6) is 1.53. The molecule has 2 atom stereocenters. The third-order valence-electron chi connectivity index (χ3n) is 3.52. The minimum atomic E-state index is 0.766. The lowest BCUT2D eigenvalue weighted by molar-refractivity contribution is 0.111. The monoisotopic (exact) mass is 231 g/mol. The minimum absolute atomic E-state index is 0.766. The van der Waals surface area contributed by atoms with Gasteiger partial charge in [0.05, 0.1) is 0 Å². The van der Waals surface area contributed by atoms with Crippen molar-refractivity contribution < 1.29 is 4.79 Å². The highest BCUT2D eigenvalue weighted by Crippen LogP contribution is 2.23. The molecule has 1 aliphatic rings. The summed E-state index contributed by atoms with van der Waals surface area (Å²) in [6.07, 6.45) is 2.29. The van der Waals surface area contributed by atoms with Gasteiger partial charge in [-0.15, -0.1) is 0 Å². The van der Waals surface area contributed by atoms with E-state index in [9.17, 15) is 4.79 Å². The standard InChI is InChI=1S/C15H21NO/c1-12-7-13(2)9-16(8-12)10-14-5-3-4-6-15(14)11-17/h3-6,11-13H,7-10H2,1-2H3. The third-order valence-corrected chi connectivity index (χ3v) is 3.52. The maximum absolute atomic E-state index is 11.0. The van der Waals surface area contributed by atoms with Crippen molar-refractivity contribution in [3.63, 3.8) is 0 Å². The molecule has 0 amide bonds. The Morgan fingerprint density at radius 1 is 1.24 bits per heavy atom. The molecule has 1 saturated heterocycles. The molecule has 0 saturated carbocycles. The normalized spacial score (nSPS) is 25.8. The molecule has 0 radical (unpaired) electrons.